The summed E-state index contributed by atoms with van der Waals surface area (Å²) in [6.07, 6.45) is 0. The first-order valence-electron chi connectivity index (χ1n) is 8.72. The maximum atomic E-state index is 12.4. The average Bonchev–Trinajstić information content (AvgIpc) is 2.59. The highest BCUT2D eigenvalue weighted by atomic mass is 16.4. The highest BCUT2D eigenvalue weighted by Crippen LogP contribution is 2.22. The third kappa shape index (κ3) is 2.88. The predicted octanol–water partition coefficient (Wildman–Crippen LogP) is 0.586. The number of amides is 2. The maximum absolute atomic E-state index is 12.4. The van der Waals surface area contributed by atoms with Gasteiger partial charge in [-0.05, 0) is 24.1 Å². The monoisotopic (exact) mass is 355 g/mol. The van der Waals surface area contributed by atoms with Gasteiger partial charge >= 0.3 is 5.63 Å². The topological polar surface area (TPSA) is 74.1 Å². The molecule has 2 aliphatic rings. The lowest BCUT2D eigenvalue weighted by Crippen LogP contribution is -2.65. The van der Waals surface area contributed by atoms with E-state index in [1.165, 1.54) is 11.0 Å². The van der Waals surface area contributed by atoms with E-state index in [-0.39, 0.29) is 24.0 Å². The zero-order chi connectivity index (χ0) is 18.4. The van der Waals surface area contributed by atoms with Gasteiger partial charge in [-0.15, -0.1) is 0 Å². The van der Waals surface area contributed by atoms with E-state index in [9.17, 15) is 14.4 Å². The van der Waals surface area contributed by atoms with Crippen molar-refractivity contribution in [2.75, 3.05) is 33.2 Å². The van der Waals surface area contributed by atoms with Gasteiger partial charge in [0.25, 0.3) is 0 Å². The highest BCUT2D eigenvalue weighted by Gasteiger charge is 2.41. The zero-order valence-corrected chi connectivity index (χ0v) is 14.9. The largest absolute Gasteiger partial charge is 0.423 e. The Balaban J connectivity index is 1.55. The van der Waals surface area contributed by atoms with E-state index in [0.29, 0.717) is 25.2 Å². The van der Waals surface area contributed by atoms with E-state index in [4.69, 9.17) is 4.42 Å². The van der Waals surface area contributed by atoms with Crippen molar-refractivity contribution in [2.45, 2.75) is 19.5 Å². The molecule has 0 spiro atoms. The average molecular weight is 355 g/mol. The number of likely N-dealkylation sites (N-methyl/N-ethyl adjacent to an activating group) is 1. The number of carbonyl (C=O) groups is 2. The molecule has 26 heavy (non-hydrogen) atoms. The maximum Gasteiger partial charge on any atom is 0.336 e. The second kappa shape index (κ2) is 6.25. The smallest absolute Gasteiger partial charge is 0.336 e. The predicted molar refractivity (Wildman–Crippen MR) is 95.6 cm³/mol. The van der Waals surface area contributed by atoms with Gasteiger partial charge in [-0.3, -0.25) is 14.5 Å². The molecule has 1 aromatic carbocycles. The van der Waals surface area contributed by atoms with Crippen LogP contribution < -0.4 is 5.63 Å². The normalized spacial score (nSPS) is 21.4. The molecule has 7 heteroatoms. The molecule has 4 rings (SSSR count). The molecular weight excluding hydrogens is 334 g/mol. The Morgan fingerprint density at radius 3 is 2.77 bits per heavy atom. The van der Waals surface area contributed by atoms with E-state index in [1.807, 2.05) is 25.1 Å². The molecule has 2 saturated heterocycles. The lowest BCUT2D eigenvalue weighted by Gasteiger charge is -2.45. The second-order valence-corrected chi connectivity index (χ2v) is 7.11. The SMILES string of the molecule is Cc1cc(=O)oc2cc(CN3CCN4C(=O)CN(C)C(=O)[C@H]4C3)ccc12. The van der Waals surface area contributed by atoms with Gasteiger partial charge in [0.1, 0.15) is 11.6 Å². The Bertz CT molecular complexity index is 951. The van der Waals surface area contributed by atoms with Gasteiger partial charge in [-0.25, -0.2) is 4.79 Å². The first kappa shape index (κ1) is 16.8. The Morgan fingerprint density at radius 1 is 1.15 bits per heavy atom. The number of fused-ring (bicyclic) bond motifs is 2. The summed E-state index contributed by atoms with van der Waals surface area (Å²) in [7, 11) is 1.67. The van der Waals surface area contributed by atoms with Crippen molar-refractivity contribution in [3.63, 3.8) is 0 Å². The summed E-state index contributed by atoms with van der Waals surface area (Å²) in [5, 5.41) is 0.924. The number of carbonyl (C=O) groups excluding carboxylic acids is 2. The number of benzene rings is 1. The minimum atomic E-state index is -0.407. The van der Waals surface area contributed by atoms with Gasteiger partial charge in [-0.2, -0.15) is 0 Å². The molecule has 0 unspecified atom stereocenters. The minimum absolute atomic E-state index is 0.00515. The summed E-state index contributed by atoms with van der Waals surface area (Å²) in [4.78, 5) is 41.5. The molecule has 1 aromatic heterocycles. The number of hydrogen-bond donors (Lipinski definition) is 0. The Kier molecular flexibility index (Phi) is 4.03. The molecule has 2 aliphatic heterocycles. The Morgan fingerprint density at radius 2 is 1.96 bits per heavy atom. The van der Waals surface area contributed by atoms with E-state index in [1.54, 1.807) is 11.9 Å². The molecule has 0 saturated carbocycles. The van der Waals surface area contributed by atoms with Crippen LogP contribution in [-0.4, -0.2) is 65.8 Å². The molecule has 2 fully saturated rings. The Labute approximate surface area is 150 Å². The fourth-order valence-corrected chi connectivity index (χ4v) is 3.84. The fraction of sp³-hybridized carbons (Fsp3) is 0.421. The van der Waals surface area contributed by atoms with Gasteiger partial charge < -0.3 is 14.2 Å². The van der Waals surface area contributed by atoms with Gasteiger partial charge in [0.05, 0.1) is 6.54 Å². The first-order valence-corrected chi connectivity index (χ1v) is 8.72. The molecule has 2 amide bonds. The summed E-state index contributed by atoms with van der Waals surface area (Å²) in [6, 6.07) is 6.94. The summed E-state index contributed by atoms with van der Waals surface area (Å²) in [6.45, 7) is 4.49. The molecule has 0 aliphatic carbocycles. The van der Waals surface area contributed by atoms with E-state index in [0.717, 1.165) is 23.1 Å². The molecule has 0 radical (unpaired) electrons. The quantitative estimate of drug-likeness (QED) is 0.737. The van der Waals surface area contributed by atoms with Gasteiger partial charge in [0, 0.05) is 44.7 Å². The minimum Gasteiger partial charge on any atom is -0.423 e. The number of hydrogen-bond acceptors (Lipinski definition) is 5. The molecule has 7 nitrogen and oxygen atoms in total. The molecule has 136 valence electrons. The molecule has 3 heterocycles. The van der Waals surface area contributed by atoms with Crippen molar-refractivity contribution in [2.24, 2.45) is 0 Å². The van der Waals surface area contributed by atoms with Gasteiger partial charge in [-0.1, -0.05) is 12.1 Å². The van der Waals surface area contributed by atoms with Crippen molar-refractivity contribution >= 4 is 22.8 Å². The summed E-state index contributed by atoms with van der Waals surface area (Å²) >= 11 is 0. The molecule has 0 N–H and O–H groups in total. The first-order chi connectivity index (χ1) is 12.4. The van der Waals surface area contributed by atoms with Crippen molar-refractivity contribution in [3.8, 4) is 0 Å². The van der Waals surface area contributed by atoms with Crippen LogP contribution in [0.25, 0.3) is 11.0 Å². The van der Waals surface area contributed by atoms with Crippen LogP contribution in [0, 0.1) is 6.92 Å². The lowest BCUT2D eigenvalue weighted by atomic mass is 10.1. The molecular formula is C19H21N3O4. The molecule has 2 aromatic rings. The van der Waals surface area contributed by atoms with Crippen LogP contribution >= 0.6 is 0 Å². The summed E-state index contributed by atoms with van der Waals surface area (Å²) < 4.78 is 5.32. The van der Waals surface area contributed by atoms with Crippen molar-refractivity contribution in [1.29, 1.82) is 0 Å². The number of piperazine rings is 2. The lowest BCUT2D eigenvalue weighted by molar-refractivity contribution is -0.158. The Hall–Kier alpha value is -2.67. The second-order valence-electron chi connectivity index (χ2n) is 7.11. The van der Waals surface area contributed by atoms with Crippen molar-refractivity contribution in [1.82, 2.24) is 14.7 Å². The van der Waals surface area contributed by atoms with E-state index >= 15 is 0 Å². The third-order valence-corrected chi connectivity index (χ3v) is 5.24. The highest BCUT2D eigenvalue weighted by molar-refractivity contribution is 5.95. The number of aryl methyl sites for hydroxylation is 1. The third-order valence-electron chi connectivity index (χ3n) is 5.24. The van der Waals surface area contributed by atoms with Crippen LogP contribution in [-0.2, 0) is 16.1 Å². The summed E-state index contributed by atoms with van der Waals surface area (Å²) in [5.41, 5.74) is 2.14. The van der Waals surface area contributed by atoms with Crippen molar-refractivity contribution in [3.05, 3.63) is 45.8 Å². The van der Waals surface area contributed by atoms with E-state index < -0.39 is 6.04 Å². The van der Waals surface area contributed by atoms with Crippen LogP contribution in [0.2, 0.25) is 0 Å². The van der Waals surface area contributed by atoms with Crippen LogP contribution in [0.15, 0.2) is 33.5 Å². The molecule has 1 atom stereocenters. The van der Waals surface area contributed by atoms with Crippen LogP contribution in [0.3, 0.4) is 0 Å². The van der Waals surface area contributed by atoms with E-state index in [2.05, 4.69) is 4.90 Å². The van der Waals surface area contributed by atoms with Crippen LogP contribution in [0.1, 0.15) is 11.1 Å². The number of nitrogens with zero attached hydrogens (tertiary/aromatic N) is 3. The standard InChI is InChI=1S/C19H21N3O4/c1-12-7-18(24)26-16-8-13(3-4-14(12)16)9-21-5-6-22-15(10-21)19(25)20(2)11-17(22)23/h3-4,7-8,15H,5-6,9-11H2,1-2H3/t15-/m1/s1. The fourth-order valence-electron chi connectivity index (χ4n) is 3.84. The van der Waals surface area contributed by atoms with Crippen LogP contribution in [0.4, 0.5) is 0 Å². The number of rotatable bonds is 2. The van der Waals surface area contributed by atoms with Gasteiger partial charge in [0.15, 0.2) is 0 Å². The van der Waals surface area contributed by atoms with Crippen LogP contribution in [0.5, 0.6) is 0 Å². The summed E-state index contributed by atoms with van der Waals surface area (Å²) in [5.74, 6) is 0.00846. The molecule has 0 bridgehead atoms. The van der Waals surface area contributed by atoms with Gasteiger partial charge in [0.2, 0.25) is 11.8 Å². The zero-order valence-electron chi connectivity index (χ0n) is 14.9. The van der Waals surface area contributed by atoms with Crippen molar-refractivity contribution < 1.29 is 14.0 Å².